The Balaban J connectivity index is 2.61. The number of hydrogen-bond acceptors (Lipinski definition) is 3. The summed E-state index contributed by atoms with van der Waals surface area (Å²) in [4.78, 5) is 13.3. The Bertz CT molecular complexity index is 233. The van der Waals surface area contributed by atoms with E-state index in [1.807, 2.05) is 6.92 Å². The zero-order valence-electron chi connectivity index (χ0n) is 10.4. The van der Waals surface area contributed by atoms with Gasteiger partial charge in [0.15, 0.2) is 0 Å². The van der Waals surface area contributed by atoms with Gasteiger partial charge in [0, 0.05) is 19.1 Å². The predicted octanol–water partition coefficient (Wildman–Crippen LogP) is 1.30. The highest BCUT2D eigenvalue weighted by molar-refractivity contribution is 5.73. The van der Waals surface area contributed by atoms with Gasteiger partial charge < -0.3 is 10.8 Å². The molecule has 0 aliphatic carbocycles. The lowest BCUT2D eigenvalue weighted by Gasteiger charge is -2.39. The molecule has 0 aromatic rings. The normalized spacial score (nSPS) is 28.9. The number of hydrogen-bond donors (Lipinski definition) is 2. The number of piperidine rings is 1. The molecule has 0 aromatic heterocycles. The van der Waals surface area contributed by atoms with Crippen molar-refractivity contribution >= 4 is 5.97 Å². The summed E-state index contributed by atoms with van der Waals surface area (Å²) < 4.78 is 0. The molecule has 3 atom stereocenters. The smallest absolute Gasteiger partial charge is 0.320 e. The lowest BCUT2D eigenvalue weighted by Crippen LogP contribution is -2.52. The molecule has 4 heteroatoms. The van der Waals surface area contributed by atoms with Crippen molar-refractivity contribution in [3.05, 3.63) is 0 Å². The van der Waals surface area contributed by atoms with Crippen LogP contribution in [0.15, 0.2) is 0 Å². The standard InChI is InChI=1S/C12H24N2O2/c1-3-5-11(12(15)16)14-7-6-10(13)9(4-2)8-14/h9-11H,3-8,13H2,1-2H3,(H,15,16). The molecule has 0 spiro atoms. The Labute approximate surface area is 97.8 Å². The average Bonchev–Trinajstić information content (AvgIpc) is 2.26. The molecule has 3 unspecified atom stereocenters. The highest BCUT2D eigenvalue weighted by Crippen LogP contribution is 2.22. The number of likely N-dealkylation sites (tertiary alicyclic amines) is 1. The van der Waals surface area contributed by atoms with E-state index in [9.17, 15) is 9.90 Å². The summed E-state index contributed by atoms with van der Waals surface area (Å²) in [5, 5.41) is 9.21. The molecule has 1 fully saturated rings. The molecule has 1 saturated heterocycles. The Morgan fingerprint density at radius 3 is 2.75 bits per heavy atom. The van der Waals surface area contributed by atoms with Crippen LogP contribution in [-0.4, -0.2) is 41.1 Å². The van der Waals surface area contributed by atoms with Crippen LogP contribution in [0.4, 0.5) is 0 Å². The maximum atomic E-state index is 11.2. The van der Waals surface area contributed by atoms with Crippen molar-refractivity contribution in [2.45, 2.75) is 51.6 Å². The van der Waals surface area contributed by atoms with Crippen molar-refractivity contribution in [1.82, 2.24) is 4.90 Å². The molecule has 16 heavy (non-hydrogen) atoms. The maximum Gasteiger partial charge on any atom is 0.320 e. The van der Waals surface area contributed by atoms with Crippen LogP contribution in [0.25, 0.3) is 0 Å². The lowest BCUT2D eigenvalue weighted by atomic mass is 9.89. The molecular weight excluding hydrogens is 204 g/mol. The van der Waals surface area contributed by atoms with Gasteiger partial charge >= 0.3 is 5.97 Å². The summed E-state index contributed by atoms with van der Waals surface area (Å²) in [6, 6.07) is -0.0659. The predicted molar refractivity (Wildman–Crippen MR) is 64.3 cm³/mol. The number of aliphatic carboxylic acids is 1. The van der Waals surface area contributed by atoms with Crippen molar-refractivity contribution in [3.63, 3.8) is 0 Å². The highest BCUT2D eigenvalue weighted by Gasteiger charge is 2.32. The van der Waals surface area contributed by atoms with Crippen LogP contribution in [0.1, 0.15) is 39.5 Å². The van der Waals surface area contributed by atoms with E-state index in [1.165, 1.54) is 0 Å². The fraction of sp³-hybridized carbons (Fsp3) is 0.917. The summed E-state index contributed by atoms with van der Waals surface area (Å²) >= 11 is 0. The van der Waals surface area contributed by atoms with Crippen molar-refractivity contribution < 1.29 is 9.90 Å². The van der Waals surface area contributed by atoms with E-state index in [1.54, 1.807) is 0 Å². The summed E-state index contributed by atoms with van der Waals surface area (Å²) in [7, 11) is 0. The average molecular weight is 228 g/mol. The first-order chi connectivity index (χ1) is 7.60. The Hall–Kier alpha value is -0.610. The van der Waals surface area contributed by atoms with E-state index in [0.29, 0.717) is 5.92 Å². The van der Waals surface area contributed by atoms with E-state index in [0.717, 1.165) is 38.8 Å². The molecule has 0 radical (unpaired) electrons. The van der Waals surface area contributed by atoms with Crippen molar-refractivity contribution in [1.29, 1.82) is 0 Å². The fourth-order valence-corrected chi connectivity index (χ4v) is 2.53. The van der Waals surface area contributed by atoms with Crippen LogP contribution >= 0.6 is 0 Å². The van der Waals surface area contributed by atoms with Crippen LogP contribution in [0, 0.1) is 5.92 Å². The van der Waals surface area contributed by atoms with Gasteiger partial charge in [-0.3, -0.25) is 9.69 Å². The third kappa shape index (κ3) is 3.19. The minimum Gasteiger partial charge on any atom is -0.480 e. The molecular formula is C12H24N2O2. The molecule has 1 heterocycles. The highest BCUT2D eigenvalue weighted by atomic mass is 16.4. The van der Waals surface area contributed by atoms with Crippen LogP contribution in [0.3, 0.4) is 0 Å². The van der Waals surface area contributed by atoms with Gasteiger partial charge in [0.05, 0.1) is 0 Å². The van der Waals surface area contributed by atoms with Crippen LogP contribution in [-0.2, 0) is 4.79 Å². The fourth-order valence-electron chi connectivity index (χ4n) is 2.53. The van der Waals surface area contributed by atoms with E-state index in [-0.39, 0.29) is 12.1 Å². The van der Waals surface area contributed by atoms with Gasteiger partial charge in [-0.25, -0.2) is 0 Å². The number of nitrogens with two attached hydrogens (primary N) is 1. The first kappa shape index (κ1) is 13.5. The molecule has 4 nitrogen and oxygen atoms in total. The zero-order chi connectivity index (χ0) is 12.1. The topological polar surface area (TPSA) is 66.6 Å². The zero-order valence-corrected chi connectivity index (χ0v) is 10.4. The molecule has 1 aliphatic heterocycles. The second-order valence-corrected chi connectivity index (χ2v) is 4.76. The van der Waals surface area contributed by atoms with Gasteiger partial charge in [-0.05, 0) is 18.8 Å². The monoisotopic (exact) mass is 228 g/mol. The summed E-state index contributed by atoms with van der Waals surface area (Å²) in [6.45, 7) is 5.83. The SMILES string of the molecule is CCCC(C(=O)O)N1CCC(N)C(CC)C1. The molecule has 0 aromatic carbocycles. The molecule has 3 N–H and O–H groups in total. The van der Waals surface area contributed by atoms with Gasteiger partial charge in [-0.2, -0.15) is 0 Å². The molecule has 1 aliphatic rings. The number of rotatable bonds is 5. The first-order valence-corrected chi connectivity index (χ1v) is 6.32. The molecule has 0 amide bonds. The molecule has 1 rings (SSSR count). The van der Waals surface area contributed by atoms with Crippen LogP contribution in [0.5, 0.6) is 0 Å². The summed E-state index contributed by atoms with van der Waals surface area (Å²) in [5.74, 6) is -0.236. The molecule has 94 valence electrons. The minimum atomic E-state index is -0.688. The molecule has 0 saturated carbocycles. The quantitative estimate of drug-likeness (QED) is 0.744. The first-order valence-electron chi connectivity index (χ1n) is 6.32. The van der Waals surface area contributed by atoms with E-state index >= 15 is 0 Å². The van der Waals surface area contributed by atoms with Crippen LogP contribution in [0.2, 0.25) is 0 Å². The summed E-state index contributed by atoms with van der Waals surface area (Å²) in [6.07, 6.45) is 3.61. The van der Waals surface area contributed by atoms with Gasteiger partial charge in [0.25, 0.3) is 0 Å². The van der Waals surface area contributed by atoms with Crippen molar-refractivity contribution in [3.8, 4) is 0 Å². The Morgan fingerprint density at radius 2 is 2.25 bits per heavy atom. The van der Waals surface area contributed by atoms with E-state index < -0.39 is 5.97 Å². The van der Waals surface area contributed by atoms with Crippen molar-refractivity contribution in [2.75, 3.05) is 13.1 Å². The van der Waals surface area contributed by atoms with Gasteiger partial charge in [0.2, 0.25) is 0 Å². The second kappa shape index (κ2) is 6.21. The number of nitrogens with zero attached hydrogens (tertiary/aromatic N) is 1. The van der Waals surface area contributed by atoms with E-state index in [4.69, 9.17) is 5.73 Å². The third-order valence-corrected chi connectivity index (χ3v) is 3.64. The number of carboxylic acid groups (broad SMARTS) is 1. The van der Waals surface area contributed by atoms with E-state index in [2.05, 4.69) is 11.8 Å². The van der Waals surface area contributed by atoms with Crippen LogP contribution < -0.4 is 5.73 Å². The third-order valence-electron chi connectivity index (χ3n) is 3.64. The number of carboxylic acids is 1. The lowest BCUT2D eigenvalue weighted by molar-refractivity contribution is -0.144. The Morgan fingerprint density at radius 1 is 1.56 bits per heavy atom. The summed E-state index contributed by atoms with van der Waals surface area (Å²) in [5.41, 5.74) is 6.03. The van der Waals surface area contributed by atoms with Gasteiger partial charge in [-0.15, -0.1) is 0 Å². The second-order valence-electron chi connectivity index (χ2n) is 4.76. The maximum absolute atomic E-state index is 11.2. The van der Waals surface area contributed by atoms with Gasteiger partial charge in [-0.1, -0.05) is 26.7 Å². The van der Waals surface area contributed by atoms with Gasteiger partial charge in [0.1, 0.15) is 6.04 Å². The Kier molecular flexibility index (Phi) is 5.22. The largest absolute Gasteiger partial charge is 0.480 e. The molecule has 0 bridgehead atoms. The minimum absolute atomic E-state index is 0.248. The van der Waals surface area contributed by atoms with Crippen molar-refractivity contribution in [2.24, 2.45) is 11.7 Å². The number of carbonyl (C=O) groups is 1.